The monoisotopic (exact) mass is 262 g/mol. The molecular weight excluding hydrogens is 244 g/mol. The third-order valence-corrected chi connectivity index (χ3v) is 3.39. The molecule has 2 rings (SSSR count). The van der Waals surface area contributed by atoms with Crippen molar-refractivity contribution in [3.8, 4) is 0 Å². The first-order chi connectivity index (χ1) is 9.16. The van der Waals surface area contributed by atoms with E-state index in [0.29, 0.717) is 0 Å². The highest BCUT2D eigenvalue weighted by atomic mass is 16.4. The first-order valence-electron chi connectivity index (χ1n) is 6.55. The van der Waals surface area contributed by atoms with Crippen molar-refractivity contribution in [1.82, 2.24) is 5.32 Å². The van der Waals surface area contributed by atoms with Gasteiger partial charge in [0, 0.05) is 12.8 Å². The number of hydrogen-bond acceptors (Lipinski definition) is 3. The summed E-state index contributed by atoms with van der Waals surface area (Å²) in [6.45, 7) is 0.923. The van der Waals surface area contributed by atoms with Crippen LogP contribution in [0.15, 0.2) is 30.3 Å². The number of benzene rings is 1. The number of nitrogens with two attached hydrogens (primary N) is 1. The van der Waals surface area contributed by atoms with Gasteiger partial charge in [-0.15, -0.1) is 0 Å². The Morgan fingerprint density at radius 2 is 2.11 bits per heavy atom. The Morgan fingerprint density at radius 1 is 1.37 bits per heavy atom. The van der Waals surface area contributed by atoms with Gasteiger partial charge in [0.1, 0.15) is 0 Å². The molecule has 0 spiro atoms. The van der Waals surface area contributed by atoms with E-state index in [0.717, 1.165) is 24.9 Å². The van der Waals surface area contributed by atoms with Gasteiger partial charge in [-0.3, -0.25) is 4.79 Å². The first kappa shape index (κ1) is 13.5. The predicted octanol–water partition coefficient (Wildman–Crippen LogP) is -1.81. The van der Waals surface area contributed by atoms with Crippen LogP contribution in [-0.4, -0.2) is 30.5 Å². The van der Waals surface area contributed by atoms with Gasteiger partial charge in [0.2, 0.25) is 0 Å². The minimum atomic E-state index is -1.24. The van der Waals surface area contributed by atoms with E-state index in [-0.39, 0.29) is 18.4 Å². The van der Waals surface area contributed by atoms with Gasteiger partial charge in [-0.2, -0.15) is 0 Å². The summed E-state index contributed by atoms with van der Waals surface area (Å²) in [5, 5.41) is 15.6. The molecule has 1 aliphatic heterocycles. The molecule has 3 N–H and O–H groups in total. The Kier molecular flexibility index (Phi) is 4.52. The molecule has 2 atom stereocenters. The van der Waals surface area contributed by atoms with E-state index < -0.39 is 12.0 Å². The van der Waals surface area contributed by atoms with Crippen molar-refractivity contribution in [1.29, 1.82) is 0 Å². The Labute approximate surface area is 112 Å². The third-order valence-electron chi connectivity index (χ3n) is 3.39. The van der Waals surface area contributed by atoms with E-state index in [1.54, 1.807) is 0 Å². The van der Waals surface area contributed by atoms with E-state index in [9.17, 15) is 14.7 Å². The second kappa shape index (κ2) is 6.33. The molecule has 102 valence electrons. The number of hydrogen-bond donors (Lipinski definition) is 2. The number of amides is 1. The maximum Gasteiger partial charge on any atom is 0.278 e. The Bertz CT molecular complexity index is 441. The number of rotatable bonds is 5. The number of aliphatic carboxylic acids is 1. The summed E-state index contributed by atoms with van der Waals surface area (Å²) >= 11 is 0. The maximum absolute atomic E-state index is 11.9. The van der Waals surface area contributed by atoms with Crippen LogP contribution in [0, 0.1) is 0 Å². The summed E-state index contributed by atoms with van der Waals surface area (Å²) in [6.07, 6.45) is 2.05. The SMILES string of the molecule is O=C([O-])C(Cc1ccccc1)NC(=O)C1CCC[NH2+]1. The zero-order chi connectivity index (χ0) is 13.7. The van der Waals surface area contributed by atoms with Crippen LogP contribution in [0.4, 0.5) is 0 Å². The fourth-order valence-electron chi connectivity index (χ4n) is 2.33. The summed E-state index contributed by atoms with van der Waals surface area (Å²) in [4.78, 5) is 23.0. The maximum atomic E-state index is 11.9. The van der Waals surface area contributed by atoms with Gasteiger partial charge in [-0.25, -0.2) is 0 Å². The van der Waals surface area contributed by atoms with E-state index in [4.69, 9.17) is 0 Å². The number of carboxylic acid groups (broad SMARTS) is 1. The fourth-order valence-corrected chi connectivity index (χ4v) is 2.33. The zero-order valence-electron chi connectivity index (χ0n) is 10.7. The molecule has 2 unspecified atom stereocenters. The van der Waals surface area contributed by atoms with Crippen molar-refractivity contribution in [2.75, 3.05) is 6.54 Å². The molecule has 0 saturated carbocycles. The second-order valence-corrected chi connectivity index (χ2v) is 4.84. The minimum Gasteiger partial charge on any atom is -0.548 e. The van der Waals surface area contributed by atoms with Crippen LogP contribution in [-0.2, 0) is 16.0 Å². The smallest absolute Gasteiger partial charge is 0.278 e. The number of carbonyl (C=O) groups is 2. The van der Waals surface area contributed by atoms with E-state index in [2.05, 4.69) is 5.32 Å². The van der Waals surface area contributed by atoms with E-state index in [1.165, 1.54) is 0 Å². The molecule has 1 aliphatic rings. The van der Waals surface area contributed by atoms with Gasteiger partial charge in [-0.05, 0) is 12.0 Å². The van der Waals surface area contributed by atoms with Gasteiger partial charge >= 0.3 is 0 Å². The average Bonchev–Trinajstić information content (AvgIpc) is 2.93. The fraction of sp³-hybridized carbons (Fsp3) is 0.429. The van der Waals surface area contributed by atoms with Gasteiger partial charge in [0.25, 0.3) is 5.91 Å². The van der Waals surface area contributed by atoms with Crippen molar-refractivity contribution in [3.63, 3.8) is 0 Å². The second-order valence-electron chi connectivity index (χ2n) is 4.84. The van der Waals surface area contributed by atoms with Gasteiger partial charge in [0.05, 0.1) is 18.6 Å². The lowest BCUT2D eigenvalue weighted by Crippen LogP contribution is -2.89. The van der Waals surface area contributed by atoms with Crippen molar-refractivity contribution in [2.24, 2.45) is 0 Å². The predicted molar refractivity (Wildman–Crippen MR) is 66.9 cm³/mol. The van der Waals surface area contributed by atoms with Gasteiger partial charge < -0.3 is 20.5 Å². The molecule has 1 aromatic carbocycles. The molecule has 1 fully saturated rings. The minimum absolute atomic E-state index is 0.155. The number of quaternary nitrogens is 1. The van der Waals surface area contributed by atoms with E-state index in [1.807, 2.05) is 35.6 Å². The van der Waals surface area contributed by atoms with Crippen molar-refractivity contribution < 1.29 is 20.0 Å². The van der Waals surface area contributed by atoms with Crippen molar-refractivity contribution in [3.05, 3.63) is 35.9 Å². The van der Waals surface area contributed by atoms with Crippen molar-refractivity contribution in [2.45, 2.75) is 31.3 Å². The van der Waals surface area contributed by atoms with Crippen LogP contribution in [0.1, 0.15) is 18.4 Å². The lowest BCUT2D eigenvalue weighted by atomic mass is 10.1. The molecule has 0 bridgehead atoms. The molecule has 0 aliphatic carbocycles. The van der Waals surface area contributed by atoms with Crippen LogP contribution in [0.25, 0.3) is 0 Å². The highest BCUT2D eigenvalue weighted by Crippen LogP contribution is 2.04. The van der Waals surface area contributed by atoms with Gasteiger partial charge in [0.15, 0.2) is 6.04 Å². The van der Waals surface area contributed by atoms with Crippen LogP contribution < -0.4 is 15.7 Å². The Morgan fingerprint density at radius 3 is 2.68 bits per heavy atom. The summed E-state index contributed by atoms with van der Waals surface area (Å²) < 4.78 is 0. The summed E-state index contributed by atoms with van der Waals surface area (Å²) in [5.41, 5.74) is 0.868. The Hall–Kier alpha value is -1.88. The van der Waals surface area contributed by atoms with Crippen LogP contribution in [0.5, 0.6) is 0 Å². The molecule has 1 heterocycles. The molecule has 0 radical (unpaired) electrons. The van der Waals surface area contributed by atoms with Crippen LogP contribution in [0.3, 0.4) is 0 Å². The molecule has 5 nitrogen and oxygen atoms in total. The number of carboxylic acids is 1. The summed E-state index contributed by atoms with van der Waals surface area (Å²) in [5.74, 6) is -1.45. The average molecular weight is 262 g/mol. The summed E-state index contributed by atoms with van der Waals surface area (Å²) in [6, 6.07) is 8.10. The molecule has 1 aromatic rings. The molecular formula is C14H18N2O3. The molecule has 1 amide bonds. The number of carbonyl (C=O) groups excluding carboxylic acids is 2. The quantitative estimate of drug-likeness (QED) is 0.656. The largest absolute Gasteiger partial charge is 0.548 e. The topological polar surface area (TPSA) is 85.8 Å². The third kappa shape index (κ3) is 3.79. The lowest BCUT2D eigenvalue weighted by Gasteiger charge is -2.21. The Balaban J connectivity index is 1.96. The lowest BCUT2D eigenvalue weighted by molar-refractivity contribution is -0.657. The molecule has 5 heteroatoms. The molecule has 19 heavy (non-hydrogen) atoms. The summed E-state index contributed by atoms with van der Waals surface area (Å²) in [7, 11) is 0. The zero-order valence-corrected chi connectivity index (χ0v) is 10.7. The first-order valence-corrected chi connectivity index (χ1v) is 6.55. The normalized spacial score (nSPS) is 19.9. The van der Waals surface area contributed by atoms with Gasteiger partial charge in [-0.1, -0.05) is 30.3 Å². The highest BCUT2D eigenvalue weighted by Gasteiger charge is 2.28. The van der Waals surface area contributed by atoms with Crippen LogP contribution in [0.2, 0.25) is 0 Å². The van der Waals surface area contributed by atoms with Crippen LogP contribution >= 0.6 is 0 Å². The highest BCUT2D eigenvalue weighted by molar-refractivity contribution is 5.85. The molecule has 1 saturated heterocycles. The molecule has 0 aromatic heterocycles. The van der Waals surface area contributed by atoms with Crippen molar-refractivity contribution >= 4 is 11.9 Å². The van der Waals surface area contributed by atoms with E-state index >= 15 is 0 Å². The standard InChI is InChI=1S/C14H18N2O3/c17-13(11-7-4-8-15-11)16-12(14(18)19)9-10-5-2-1-3-6-10/h1-3,5-6,11-12,15H,4,7-9H2,(H,16,17)(H,18,19). The number of nitrogens with one attached hydrogen (secondary N) is 1.